The van der Waals surface area contributed by atoms with Crippen molar-refractivity contribution in [3.05, 3.63) is 95.1 Å². The monoisotopic (exact) mass is 486 g/mol. The number of nitrogens with zero attached hydrogens (tertiary/aromatic N) is 1. The maximum Gasteiger partial charge on any atom is 0.335 e. The van der Waals surface area contributed by atoms with Crippen LogP contribution in [0.3, 0.4) is 0 Å². The number of carboxylic acid groups (broad SMARTS) is 1. The van der Waals surface area contributed by atoms with Gasteiger partial charge in [0.15, 0.2) is 0 Å². The van der Waals surface area contributed by atoms with Gasteiger partial charge in [-0.2, -0.15) is 0 Å². The van der Waals surface area contributed by atoms with Crippen LogP contribution in [-0.4, -0.2) is 35.5 Å². The number of carbonyl (C=O) groups excluding carboxylic acids is 3. The minimum absolute atomic E-state index is 0.168. The number of carbonyl (C=O) groups is 4. The first-order valence-corrected chi connectivity index (χ1v) is 11.0. The third-order valence-corrected chi connectivity index (χ3v) is 5.28. The number of hydrogen-bond donors (Lipinski definition) is 2. The summed E-state index contributed by atoms with van der Waals surface area (Å²) in [6.45, 7) is 2.49. The van der Waals surface area contributed by atoms with E-state index in [1.54, 1.807) is 60.7 Å². The van der Waals surface area contributed by atoms with E-state index in [9.17, 15) is 19.2 Å². The van der Waals surface area contributed by atoms with Crippen molar-refractivity contribution in [2.45, 2.75) is 13.5 Å². The van der Waals surface area contributed by atoms with E-state index < -0.39 is 23.8 Å². The second-order valence-corrected chi connectivity index (χ2v) is 7.75. The van der Waals surface area contributed by atoms with Gasteiger partial charge in [0.1, 0.15) is 23.7 Å². The number of carboxylic acids is 1. The maximum absolute atomic E-state index is 13.0. The molecule has 9 nitrogen and oxygen atoms in total. The van der Waals surface area contributed by atoms with Gasteiger partial charge in [-0.25, -0.2) is 14.5 Å². The molecule has 3 aromatic rings. The summed E-state index contributed by atoms with van der Waals surface area (Å²) in [7, 11) is 0. The lowest BCUT2D eigenvalue weighted by molar-refractivity contribution is -0.122. The molecule has 0 atom stereocenters. The number of ether oxygens (including phenoxy) is 2. The Hall–Kier alpha value is -4.92. The molecule has 9 heteroatoms. The van der Waals surface area contributed by atoms with E-state index in [2.05, 4.69) is 5.32 Å². The average Bonchev–Trinajstić information content (AvgIpc) is 2.87. The number of amides is 4. The molecule has 182 valence electrons. The fourth-order valence-corrected chi connectivity index (χ4v) is 3.54. The molecule has 4 amide bonds. The number of nitrogens with one attached hydrogen (secondary N) is 1. The fraction of sp³-hybridized carbons (Fsp3) is 0.111. The maximum atomic E-state index is 13.0. The predicted molar refractivity (Wildman–Crippen MR) is 131 cm³/mol. The zero-order valence-electron chi connectivity index (χ0n) is 19.3. The van der Waals surface area contributed by atoms with E-state index in [0.29, 0.717) is 34.9 Å². The quantitative estimate of drug-likeness (QED) is 0.364. The van der Waals surface area contributed by atoms with Crippen molar-refractivity contribution in [3.8, 4) is 11.5 Å². The molecule has 1 heterocycles. The van der Waals surface area contributed by atoms with Crippen LogP contribution in [-0.2, 0) is 16.2 Å². The van der Waals surface area contributed by atoms with E-state index in [4.69, 9.17) is 14.6 Å². The van der Waals surface area contributed by atoms with Gasteiger partial charge in [0.25, 0.3) is 11.8 Å². The van der Waals surface area contributed by atoms with Gasteiger partial charge in [0.05, 0.1) is 17.9 Å². The highest BCUT2D eigenvalue weighted by molar-refractivity contribution is 6.39. The molecule has 0 saturated carbocycles. The summed E-state index contributed by atoms with van der Waals surface area (Å²) in [4.78, 5) is 49.8. The minimum Gasteiger partial charge on any atom is -0.494 e. The van der Waals surface area contributed by atoms with Crippen LogP contribution in [0.2, 0.25) is 0 Å². The van der Waals surface area contributed by atoms with Crippen molar-refractivity contribution in [1.82, 2.24) is 5.32 Å². The van der Waals surface area contributed by atoms with Crippen molar-refractivity contribution in [2.75, 3.05) is 11.5 Å². The summed E-state index contributed by atoms with van der Waals surface area (Å²) < 4.78 is 11.1. The van der Waals surface area contributed by atoms with Crippen molar-refractivity contribution in [2.24, 2.45) is 0 Å². The standard InChI is InChI=1S/C27H22N2O7/c1-2-35-21-12-8-20(9-13-21)29-25(31)23(24(30)28-27(29)34)15-17-6-10-22(11-7-17)36-16-18-4-3-5-19(14-18)26(32)33/h3-15H,2,16H2,1H3,(H,32,33)(H,28,30,34). The molecule has 1 saturated heterocycles. The molecule has 0 radical (unpaired) electrons. The first-order valence-electron chi connectivity index (χ1n) is 11.0. The Morgan fingerprint density at radius 2 is 1.61 bits per heavy atom. The third kappa shape index (κ3) is 5.41. The van der Waals surface area contributed by atoms with Gasteiger partial charge in [0.2, 0.25) is 0 Å². The Morgan fingerprint density at radius 3 is 2.28 bits per heavy atom. The molecule has 4 rings (SSSR count). The van der Waals surface area contributed by atoms with Crippen LogP contribution in [0, 0.1) is 0 Å². The number of imide groups is 2. The van der Waals surface area contributed by atoms with Crippen molar-refractivity contribution in [1.29, 1.82) is 0 Å². The number of rotatable bonds is 8. The van der Waals surface area contributed by atoms with Gasteiger partial charge in [0, 0.05) is 0 Å². The number of aromatic carboxylic acids is 1. The van der Waals surface area contributed by atoms with Gasteiger partial charge in [-0.15, -0.1) is 0 Å². The molecular weight excluding hydrogens is 464 g/mol. The Balaban J connectivity index is 1.48. The molecule has 1 aliphatic rings. The van der Waals surface area contributed by atoms with Gasteiger partial charge in [-0.1, -0.05) is 24.3 Å². The van der Waals surface area contributed by atoms with Crippen molar-refractivity contribution >= 4 is 35.6 Å². The largest absolute Gasteiger partial charge is 0.494 e. The lowest BCUT2D eigenvalue weighted by atomic mass is 10.1. The highest BCUT2D eigenvalue weighted by Gasteiger charge is 2.36. The van der Waals surface area contributed by atoms with Crippen molar-refractivity contribution in [3.63, 3.8) is 0 Å². The molecule has 0 unspecified atom stereocenters. The predicted octanol–water partition coefficient (Wildman–Crippen LogP) is 4.03. The second-order valence-electron chi connectivity index (χ2n) is 7.75. The van der Waals surface area contributed by atoms with Crippen LogP contribution in [0.4, 0.5) is 10.5 Å². The van der Waals surface area contributed by atoms with Gasteiger partial charge in [-0.05, 0) is 72.7 Å². The molecule has 0 aromatic heterocycles. The molecule has 2 N–H and O–H groups in total. The number of barbiturate groups is 1. The van der Waals surface area contributed by atoms with Crippen LogP contribution >= 0.6 is 0 Å². The zero-order valence-corrected chi connectivity index (χ0v) is 19.3. The van der Waals surface area contributed by atoms with Gasteiger partial charge >= 0.3 is 12.0 Å². The Morgan fingerprint density at radius 1 is 0.944 bits per heavy atom. The van der Waals surface area contributed by atoms with Crippen molar-refractivity contribution < 1.29 is 33.8 Å². The van der Waals surface area contributed by atoms with E-state index in [1.807, 2.05) is 6.92 Å². The fourth-order valence-electron chi connectivity index (χ4n) is 3.54. The smallest absolute Gasteiger partial charge is 0.335 e. The van der Waals surface area contributed by atoms with Crippen LogP contribution in [0.25, 0.3) is 6.08 Å². The second kappa shape index (κ2) is 10.6. The topological polar surface area (TPSA) is 122 Å². The normalized spacial score (nSPS) is 14.5. The molecular formula is C27H22N2O7. The molecule has 36 heavy (non-hydrogen) atoms. The summed E-state index contributed by atoms with van der Waals surface area (Å²) in [5.41, 5.74) is 1.53. The highest BCUT2D eigenvalue weighted by atomic mass is 16.5. The van der Waals surface area contributed by atoms with E-state index in [-0.39, 0.29) is 17.7 Å². The van der Waals surface area contributed by atoms with E-state index in [1.165, 1.54) is 18.2 Å². The van der Waals surface area contributed by atoms with Gasteiger partial charge < -0.3 is 14.6 Å². The lowest BCUT2D eigenvalue weighted by Crippen LogP contribution is -2.54. The zero-order chi connectivity index (χ0) is 25.7. The van der Waals surface area contributed by atoms with Crippen LogP contribution < -0.4 is 19.7 Å². The number of benzene rings is 3. The Labute approximate surface area is 206 Å². The van der Waals surface area contributed by atoms with Crippen LogP contribution in [0.5, 0.6) is 11.5 Å². The third-order valence-electron chi connectivity index (χ3n) is 5.28. The lowest BCUT2D eigenvalue weighted by Gasteiger charge is -2.26. The highest BCUT2D eigenvalue weighted by Crippen LogP contribution is 2.25. The number of anilines is 1. The molecule has 3 aromatic carbocycles. The molecule has 0 aliphatic carbocycles. The molecule has 0 bridgehead atoms. The summed E-state index contributed by atoms with van der Waals surface area (Å²) in [6.07, 6.45) is 1.39. The van der Waals surface area contributed by atoms with E-state index >= 15 is 0 Å². The average molecular weight is 486 g/mol. The Bertz CT molecular complexity index is 1350. The number of hydrogen-bond acceptors (Lipinski definition) is 6. The number of urea groups is 1. The van der Waals surface area contributed by atoms with E-state index in [0.717, 1.165) is 4.90 Å². The summed E-state index contributed by atoms with van der Waals surface area (Å²) in [6, 6.07) is 18.6. The first kappa shape index (κ1) is 24.2. The summed E-state index contributed by atoms with van der Waals surface area (Å²) >= 11 is 0. The van der Waals surface area contributed by atoms with Gasteiger partial charge in [-0.3, -0.25) is 14.9 Å². The molecule has 1 fully saturated rings. The SMILES string of the molecule is CCOc1ccc(N2C(=O)NC(=O)C(=Cc3ccc(OCc4cccc(C(=O)O)c4)cc3)C2=O)cc1. The Kier molecular flexibility index (Phi) is 7.10. The summed E-state index contributed by atoms with van der Waals surface area (Å²) in [5, 5.41) is 11.3. The van der Waals surface area contributed by atoms with Crippen LogP contribution in [0.1, 0.15) is 28.4 Å². The van der Waals surface area contributed by atoms with Crippen LogP contribution in [0.15, 0.2) is 78.4 Å². The first-order chi connectivity index (χ1) is 17.4. The summed E-state index contributed by atoms with van der Waals surface area (Å²) in [5.74, 6) is -1.44. The molecule has 0 spiro atoms. The molecule has 1 aliphatic heterocycles. The minimum atomic E-state index is -1.02.